The van der Waals surface area contributed by atoms with Crippen molar-refractivity contribution in [2.75, 3.05) is 20.2 Å². The molecule has 2 amide bonds. The van der Waals surface area contributed by atoms with Crippen LogP contribution in [0.4, 0.5) is 0 Å². The van der Waals surface area contributed by atoms with Crippen molar-refractivity contribution in [3.8, 4) is 11.1 Å². The minimum atomic E-state index is -1.13. The van der Waals surface area contributed by atoms with E-state index < -0.39 is 23.0 Å². The fourth-order valence-corrected chi connectivity index (χ4v) is 5.68. The van der Waals surface area contributed by atoms with Crippen molar-refractivity contribution in [1.29, 1.82) is 0 Å². The van der Waals surface area contributed by atoms with Crippen LogP contribution in [0.25, 0.3) is 11.1 Å². The van der Waals surface area contributed by atoms with Crippen LogP contribution in [0.15, 0.2) is 72.8 Å². The third-order valence-corrected chi connectivity index (χ3v) is 8.32. The number of halogens is 1. The average molecular weight is 577 g/mol. The summed E-state index contributed by atoms with van der Waals surface area (Å²) in [6.07, 6.45) is 0.355. The molecule has 0 saturated carbocycles. The van der Waals surface area contributed by atoms with Crippen LogP contribution >= 0.6 is 11.6 Å². The number of ether oxygens (including phenoxy) is 1. The van der Waals surface area contributed by atoms with Crippen molar-refractivity contribution in [2.45, 2.75) is 45.8 Å². The lowest BCUT2D eigenvalue weighted by molar-refractivity contribution is -0.155. The molecule has 0 aromatic heterocycles. The molecule has 0 unspecified atom stereocenters. The summed E-state index contributed by atoms with van der Waals surface area (Å²) in [6, 6.07) is 20.4. The molecule has 1 aliphatic rings. The Hall–Kier alpha value is -3.68. The second-order valence-electron chi connectivity index (χ2n) is 11.6. The van der Waals surface area contributed by atoms with Gasteiger partial charge in [0.25, 0.3) is 5.91 Å². The first kappa shape index (κ1) is 30.3. The van der Waals surface area contributed by atoms with Gasteiger partial charge >= 0.3 is 5.97 Å². The van der Waals surface area contributed by atoms with Crippen LogP contribution in [0, 0.1) is 11.3 Å². The Morgan fingerprint density at radius 3 is 2.32 bits per heavy atom. The smallest absolute Gasteiger partial charge is 0.338 e. The Kier molecular flexibility index (Phi) is 8.90. The van der Waals surface area contributed by atoms with Crippen molar-refractivity contribution in [3.63, 3.8) is 0 Å². The van der Waals surface area contributed by atoms with Crippen molar-refractivity contribution >= 4 is 29.4 Å². The van der Waals surface area contributed by atoms with Gasteiger partial charge in [-0.1, -0.05) is 81.8 Å². The number of hydrogen-bond acceptors (Lipinski definition) is 5. The monoisotopic (exact) mass is 576 g/mol. The molecule has 3 aromatic carbocycles. The molecular weight excluding hydrogens is 540 g/mol. The van der Waals surface area contributed by atoms with E-state index in [9.17, 15) is 19.5 Å². The molecule has 8 heteroatoms. The Labute approximate surface area is 246 Å². The summed E-state index contributed by atoms with van der Waals surface area (Å²) < 4.78 is 4.92. The lowest BCUT2D eigenvalue weighted by atomic mass is 9.66. The van der Waals surface area contributed by atoms with Gasteiger partial charge in [0, 0.05) is 29.1 Å². The van der Waals surface area contributed by atoms with Gasteiger partial charge < -0.3 is 20.1 Å². The predicted molar refractivity (Wildman–Crippen MR) is 160 cm³/mol. The molecule has 1 aliphatic heterocycles. The van der Waals surface area contributed by atoms with E-state index in [1.54, 1.807) is 53.4 Å². The number of carbonyl (C=O) groups excluding carboxylic acids is 3. The van der Waals surface area contributed by atoms with Gasteiger partial charge in [0.1, 0.15) is 6.04 Å². The van der Waals surface area contributed by atoms with Gasteiger partial charge in [-0.3, -0.25) is 9.59 Å². The van der Waals surface area contributed by atoms with Crippen LogP contribution in [-0.2, 0) is 15.1 Å². The molecule has 0 radical (unpaired) electrons. The second kappa shape index (κ2) is 12.0. The third-order valence-electron chi connectivity index (χ3n) is 8.07. The molecule has 41 heavy (non-hydrogen) atoms. The van der Waals surface area contributed by atoms with Gasteiger partial charge in [0.05, 0.1) is 18.3 Å². The topological polar surface area (TPSA) is 95.9 Å². The van der Waals surface area contributed by atoms with E-state index in [1.165, 1.54) is 7.11 Å². The highest BCUT2D eigenvalue weighted by molar-refractivity contribution is 6.30. The van der Waals surface area contributed by atoms with E-state index in [2.05, 4.69) is 5.32 Å². The highest BCUT2D eigenvalue weighted by Crippen LogP contribution is 2.46. The molecule has 0 aliphatic carbocycles. The van der Waals surface area contributed by atoms with E-state index in [1.807, 2.05) is 52.0 Å². The number of nitrogens with one attached hydrogen (secondary N) is 1. The Balaban J connectivity index is 1.53. The van der Waals surface area contributed by atoms with Crippen LogP contribution in [0.1, 0.15) is 60.4 Å². The zero-order chi connectivity index (χ0) is 29.9. The number of carbonyl (C=O) groups is 3. The standard InChI is InChI=1S/C33H37ClN2O5/c1-21(2)28(30(38)36-18-17-33(40,32(3,4)20-36)24-13-15-25(34)16-14-24)35-29(37)23-10-8-9-22(19-23)26-11-6-7-12-27(26)31(39)41-5/h6-16,19,21,28,40H,17-18,20H2,1-5H3,(H,35,37)/t28-,33+/m1/s1. The Morgan fingerprint density at radius 2 is 1.68 bits per heavy atom. The van der Waals surface area contributed by atoms with E-state index >= 15 is 0 Å². The number of amides is 2. The summed E-state index contributed by atoms with van der Waals surface area (Å²) in [7, 11) is 1.33. The van der Waals surface area contributed by atoms with Gasteiger partial charge in [0.2, 0.25) is 5.91 Å². The van der Waals surface area contributed by atoms with Gasteiger partial charge in [-0.25, -0.2) is 4.79 Å². The van der Waals surface area contributed by atoms with Crippen molar-refractivity contribution in [3.05, 3.63) is 94.5 Å². The maximum absolute atomic E-state index is 13.8. The first-order chi connectivity index (χ1) is 19.4. The second-order valence-corrected chi connectivity index (χ2v) is 12.0. The highest BCUT2D eigenvalue weighted by atomic mass is 35.5. The van der Waals surface area contributed by atoms with Crippen LogP contribution in [0.2, 0.25) is 5.02 Å². The zero-order valence-electron chi connectivity index (χ0n) is 24.1. The van der Waals surface area contributed by atoms with E-state index in [4.69, 9.17) is 16.3 Å². The van der Waals surface area contributed by atoms with E-state index in [-0.39, 0.29) is 17.7 Å². The highest BCUT2D eigenvalue weighted by Gasteiger charge is 2.50. The number of benzene rings is 3. The SMILES string of the molecule is COC(=O)c1ccccc1-c1cccc(C(=O)N[C@@H](C(=O)N2CC[C@](O)(c3ccc(Cl)cc3)C(C)(C)C2)C(C)C)c1. The maximum Gasteiger partial charge on any atom is 0.338 e. The minimum Gasteiger partial charge on any atom is -0.465 e. The number of methoxy groups -OCH3 is 1. The number of likely N-dealkylation sites (tertiary alicyclic amines) is 1. The molecule has 4 rings (SSSR count). The first-order valence-corrected chi connectivity index (χ1v) is 14.1. The Morgan fingerprint density at radius 1 is 1.00 bits per heavy atom. The molecule has 216 valence electrons. The third kappa shape index (κ3) is 6.16. The molecule has 7 nitrogen and oxygen atoms in total. The summed E-state index contributed by atoms with van der Waals surface area (Å²) in [6.45, 7) is 8.35. The largest absolute Gasteiger partial charge is 0.465 e. The van der Waals surface area contributed by atoms with Crippen molar-refractivity contribution in [1.82, 2.24) is 10.2 Å². The maximum atomic E-state index is 13.8. The molecule has 0 spiro atoms. The van der Waals surface area contributed by atoms with E-state index in [0.29, 0.717) is 46.8 Å². The average Bonchev–Trinajstić information content (AvgIpc) is 2.96. The van der Waals surface area contributed by atoms with Crippen LogP contribution in [0.5, 0.6) is 0 Å². The van der Waals surface area contributed by atoms with Gasteiger partial charge in [0.15, 0.2) is 0 Å². The normalized spacial score (nSPS) is 19.0. The summed E-state index contributed by atoms with van der Waals surface area (Å²) >= 11 is 6.06. The molecular formula is C33H37ClN2O5. The molecule has 0 bridgehead atoms. The number of nitrogens with zero attached hydrogens (tertiary/aromatic N) is 1. The quantitative estimate of drug-likeness (QED) is 0.352. The molecule has 1 fully saturated rings. The van der Waals surface area contributed by atoms with Gasteiger partial charge in [-0.15, -0.1) is 0 Å². The fraction of sp³-hybridized carbons (Fsp3) is 0.364. The molecule has 1 heterocycles. The number of aliphatic hydroxyl groups is 1. The van der Waals surface area contributed by atoms with E-state index in [0.717, 1.165) is 5.56 Å². The van der Waals surface area contributed by atoms with Crippen molar-refractivity contribution in [2.24, 2.45) is 11.3 Å². The fourth-order valence-electron chi connectivity index (χ4n) is 5.56. The van der Waals surface area contributed by atoms with Crippen molar-refractivity contribution < 1.29 is 24.2 Å². The molecule has 1 saturated heterocycles. The summed E-state index contributed by atoms with van der Waals surface area (Å²) in [5.41, 5.74) is 1.08. The minimum absolute atomic E-state index is 0.171. The molecule has 2 N–H and O–H groups in total. The number of rotatable bonds is 7. The van der Waals surface area contributed by atoms with Gasteiger partial charge in [-0.2, -0.15) is 0 Å². The van der Waals surface area contributed by atoms with Gasteiger partial charge in [-0.05, 0) is 59.4 Å². The number of hydrogen-bond donors (Lipinski definition) is 2. The van der Waals surface area contributed by atoms with Crippen LogP contribution in [0.3, 0.4) is 0 Å². The summed E-state index contributed by atoms with van der Waals surface area (Å²) in [5.74, 6) is -1.21. The lowest BCUT2D eigenvalue weighted by Gasteiger charge is -2.51. The summed E-state index contributed by atoms with van der Waals surface area (Å²) in [4.78, 5) is 41.2. The molecule has 2 atom stereocenters. The van der Waals surface area contributed by atoms with Crippen LogP contribution in [-0.4, -0.2) is 54.0 Å². The number of piperidine rings is 1. The number of esters is 1. The van der Waals surface area contributed by atoms with Crippen LogP contribution < -0.4 is 5.32 Å². The molecule has 3 aromatic rings. The zero-order valence-corrected chi connectivity index (χ0v) is 24.9. The summed E-state index contributed by atoms with van der Waals surface area (Å²) in [5, 5.41) is 15.3. The first-order valence-electron chi connectivity index (χ1n) is 13.7. The Bertz CT molecular complexity index is 1440. The predicted octanol–water partition coefficient (Wildman–Crippen LogP) is 5.69. The lowest BCUT2D eigenvalue weighted by Crippen LogP contribution is -2.60.